The Hall–Kier alpha value is -2.47. The molecule has 1 fully saturated rings. The van der Waals surface area contributed by atoms with E-state index < -0.39 is 0 Å². The molecule has 0 unspecified atom stereocenters. The van der Waals surface area contributed by atoms with Gasteiger partial charge < -0.3 is 10.2 Å². The quantitative estimate of drug-likeness (QED) is 0.767. The Morgan fingerprint density at radius 3 is 3.04 bits per heavy atom. The van der Waals surface area contributed by atoms with Crippen LogP contribution in [-0.2, 0) is 0 Å². The van der Waals surface area contributed by atoms with E-state index in [0.717, 1.165) is 47.9 Å². The highest BCUT2D eigenvalue weighted by Gasteiger charge is 2.21. The maximum absolute atomic E-state index is 4.89. The molecule has 0 bridgehead atoms. The lowest BCUT2D eigenvalue weighted by molar-refractivity contribution is 0.387. The van der Waals surface area contributed by atoms with E-state index in [1.54, 1.807) is 6.20 Å². The number of rotatable bonds is 4. The van der Waals surface area contributed by atoms with Crippen LogP contribution >= 0.6 is 0 Å². The first-order chi connectivity index (χ1) is 12.2. The van der Waals surface area contributed by atoms with Crippen molar-refractivity contribution in [3.05, 3.63) is 36.5 Å². The highest BCUT2D eigenvalue weighted by molar-refractivity contribution is 5.89. The fraction of sp³-hybridized carbons (Fsp3) is 0.421. The summed E-state index contributed by atoms with van der Waals surface area (Å²) in [7, 11) is 0. The Morgan fingerprint density at radius 1 is 1.24 bits per heavy atom. The molecule has 0 saturated carbocycles. The van der Waals surface area contributed by atoms with E-state index in [4.69, 9.17) is 4.98 Å². The molecular formula is C19H24N6. The van der Waals surface area contributed by atoms with Crippen molar-refractivity contribution in [1.29, 1.82) is 0 Å². The number of nitrogens with zero attached hydrogens (tertiary/aromatic N) is 4. The van der Waals surface area contributed by atoms with E-state index in [2.05, 4.69) is 51.4 Å². The molecule has 6 heteroatoms. The Morgan fingerprint density at radius 2 is 2.16 bits per heavy atom. The summed E-state index contributed by atoms with van der Waals surface area (Å²) in [4.78, 5) is 11.6. The highest BCUT2D eigenvalue weighted by atomic mass is 15.2. The summed E-state index contributed by atoms with van der Waals surface area (Å²) in [6.45, 7) is 7.52. The summed E-state index contributed by atoms with van der Waals surface area (Å²) >= 11 is 0. The van der Waals surface area contributed by atoms with Crippen molar-refractivity contribution < 1.29 is 0 Å². The summed E-state index contributed by atoms with van der Waals surface area (Å²) < 4.78 is 0. The van der Waals surface area contributed by atoms with Crippen molar-refractivity contribution in [3.63, 3.8) is 0 Å². The lowest BCUT2D eigenvalue weighted by Crippen LogP contribution is -2.51. The normalized spacial score (nSPS) is 18.2. The summed E-state index contributed by atoms with van der Waals surface area (Å²) in [5, 5.41) is 12.0. The van der Waals surface area contributed by atoms with Gasteiger partial charge in [0.15, 0.2) is 5.65 Å². The molecule has 0 radical (unpaired) electrons. The van der Waals surface area contributed by atoms with Gasteiger partial charge in [0.05, 0.1) is 5.69 Å². The van der Waals surface area contributed by atoms with Gasteiger partial charge in [0, 0.05) is 37.3 Å². The molecule has 0 aliphatic carbocycles. The number of hydrogen-bond acceptors (Lipinski definition) is 5. The molecule has 0 spiro atoms. The monoisotopic (exact) mass is 336 g/mol. The number of aromatic amines is 1. The number of pyridine rings is 2. The Bertz CT molecular complexity index is 856. The molecular weight excluding hydrogens is 312 g/mol. The van der Waals surface area contributed by atoms with Crippen LogP contribution in [0.25, 0.3) is 22.4 Å². The average Bonchev–Trinajstić information content (AvgIpc) is 3.06. The molecule has 25 heavy (non-hydrogen) atoms. The summed E-state index contributed by atoms with van der Waals surface area (Å²) in [5.41, 5.74) is 2.54. The number of H-pyrrole nitrogens is 1. The van der Waals surface area contributed by atoms with Crippen molar-refractivity contribution in [2.45, 2.75) is 26.3 Å². The number of hydrogen-bond donors (Lipinski definition) is 2. The van der Waals surface area contributed by atoms with Gasteiger partial charge in [-0.25, -0.2) is 9.97 Å². The minimum atomic E-state index is 0.523. The Kier molecular flexibility index (Phi) is 4.36. The molecule has 2 N–H and O–H groups in total. The lowest BCUT2D eigenvalue weighted by Gasteiger charge is -2.35. The minimum absolute atomic E-state index is 0.523. The second-order valence-electron chi connectivity index (χ2n) is 7.08. The van der Waals surface area contributed by atoms with E-state index >= 15 is 0 Å². The third-order valence-corrected chi connectivity index (χ3v) is 4.65. The van der Waals surface area contributed by atoms with Crippen LogP contribution in [0.5, 0.6) is 0 Å². The Balaban J connectivity index is 1.61. The van der Waals surface area contributed by atoms with Gasteiger partial charge in [-0.2, -0.15) is 5.10 Å². The SMILES string of the molecule is CC(C)C[C@@H]1CN(c2cccc(-c3n[nH]c4ncccc34)n2)CCN1. The average molecular weight is 336 g/mol. The molecule has 1 atom stereocenters. The van der Waals surface area contributed by atoms with Gasteiger partial charge in [-0.05, 0) is 36.6 Å². The fourth-order valence-corrected chi connectivity index (χ4v) is 3.54. The van der Waals surface area contributed by atoms with Crippen LogP contribution in [0.4, 0.5) is 5.82 Å². The van der Waals surface area contributed by atoms with Crippen LogP contribution in [0.1, 0.15) is 20.3 Å². The number of anilines is 1. The molecule has 1 aliphatic heterocycles. The van der Waals surface area contributed by atoms with Gasteiger partial charge in [-0.15, -0.1) is 0 Å². The van der Waals surface area contributed by atoms with E-state index in [1.165, 1.54) is 6.42 Å². The van der Waals surface area contributed by atoms with Crippen molar-refractivity contribution in [1.82, 2.24) is 25.5 Å². The first kappa shape index (κ1) is 16.0. The summed E-state index contributed by atoms with van der Waals surface area (Å²) in [5.74, 6) is 1.72. The Labute approximate surface area is 147 Å². The summed E-state index contributed by atoms with van der Waals surface area (Å²) in [6.07, 6.45) is 2.95. The maximum Gasteiger partial charge on any atom is 0.155 e. The van der Waals surface area contributed by atoms with Crippen LogP contribution in [0.2, 0.25) is 0 Å². The molecule has 0 aromatic carbocycles. The van der Waals surface area contributed by atoms with Crippen molar-refractivity contribution in [2.75, 3.05) is 24.5 Å². The smallest absolute Gasteiger partial charge is 0.155 e. The number of aromatic nitrogens is 4. The summed E-state index contributed by atoms with van der Waals surface area (Å²) in [6, 6.07) is 10.6. The predicted molar refractivity (Wildman–Crippen MR) is 101 cm³/mol. The van der Waals surface area contributed by atoms with Gasteiger partial charge in [-0.1, -0.05) is 19.9 Å². The molecule has 130 valence electrons. The van der Waals surface area contributed by atoms with E-state index in [0.29, 0.717) is 12.0 Å². The molecule has 6 nitrogen and oxygen atoms in total. The van der Waals surface area contributed by atoms with Crippen LogP contribution in [-0.4, -0.2) is 45.8 Å². The van der Waals surface area contributed by atoms with Gasteiger partial charge in [0.1, 0.15) is 11.5 Å². The highest BCUT2D eigenvalue weighted by Crippen LogP contribution is 2.26. The fourth-order valence-electron chi connectivity index (χ4n) is 3.54. The van der Waals surface area contributed by atoms with E-state index in [-0.39, 0.29) is 0 Å². The van der Waals surface area contributed by atoms with Crippen molar-refractivity contribution in [2.24, 2.45) is 5.92 Å². The van der Waals surface area contributed by atoms with Crippen LogP contribution in [0.15, 0.2) is 36.5 Å². The van der Waals surface area contributed by atoms with E-state index in [1.807, 2.05) is 18.2 Å². The van der Waals surface area contributed by atoms with Crippen molar-refractivity contribution >= 4 is 16.9 Å². The molecule has 4 rings (SSSR count). The molecule has 1 aliphatic rings. The van der Waals surface area contributed by atoms with Gasteiger partial charge in [0.2, 0.25) is 0 Å². The van der Waals surface area contributed by atoms with Gasteiger partial charge in [-0.3, -0.25) is 5.10 Å². The molecule has 3 aromatic rings. The first-order valence-electron chi connectivity index (χ1n) is 8.95. The third kappa shape index (κ3) is 3.35. The zero-order valence-electron chi connectivity index (χ0n) is 14.7. The molecule has 1 saturated heterocycles. The minimum Gasteiger partial charge on any atom is -0.354 e. The molecule has 0 amide bonds. The van der Waals surface area contributed by atoms with Crippen LogP contribution < -0.4 is 10.2 Å². The largest absolute Gasteiger partial charge is 0.354 e. The van der Waals surface area contributed by atoms with Gasteiger partial charge >= 0.3 is 0 Å². The predicted octanol–water partition coefficient (Wildman–Crippen LogP) is 2.84. The second kappa shape index (κ2) is 6.80. The second-order valence-corrected chi connectivity index (χ2v) is 7.08. The number of piperazine rings is 1. The van der Waals surface area contributed by atoms with Crippen LogP contribution in [0, 0.1) is 5.92 Å². The van der Waals surface area contributed by atoms with Crippen molar-refractivity contribution in [3.8, 4) is 11.4 Å². The zero-order valence-corrected chi connectivity index (χ0v) is 14.7. The maximum atomic E-state index is 4.89. The number of nitrogens with one attached hydrogen (secondary N) is 2. The topological polar surface area (TPSA) is 69.7 Å². The number of fused-ring (bicyclic) bond motifs is 1. The zero-order chi connectivity index (χ0) is 17.2. The van der Waals surface area contributed by atoms with Crippen LogP contribution in [0.3, 0.4) is 0 Å². The third-order valence-electron chi connectivity index (χ3n) is 4.65. The first-order valence-corrected chi connectivity index (χ1v) is 8.95. The molecule has 3 aromatic heterocycles. The lowest BCUT2D eigenvalue weighted by atomic mass is 10.0. The van der Waals surface area contributed by atoms with E-state index in [9.17, 15) is 0 Å². The van der Waals surface area contributed by atoms with Gasteiger partial charge in [0.25, 0.3) is 0 Å². The standard InChI is InChI=1S/C19H24N6/c1-13(2)11-14-12-25(10-9-20-14)17-7-3-6-16(22-17)18-15-5-4-8-21-19(15)24-23-18/h3-8,13-14,20H,9-12H2,1-2H3,(H,21,23,24)/t14-/m1/s1. The molecule has 4 heterocycles.